The van der Waals surface area contributed by atoms with Crippen LogP contribution >= 0.6 is 11.6 Å². The molecule has 0 saturated carbocycles. The van der Waals surface area contributed by atoms with Gasteiger partial charge in [0.05, 0.1) is 16.1 Å². The van der Waals surface area contributed by atoms with Crippen LogP contribution in [0, 0.1) is 0 Å². The molecular weight excluding hydrogens is 354 g/mol. The van der Waals surface area contributed by atoms with E-state index in [1.54, 1.807) is 0 Å². The first-order chi connectivity index (χ1) is 13.3. The predicted octanol–water partition coefficient (Wildman–Crippen LogP) is 7.34. The van der Waals surface area contributed by atoms with E-state index in [0.717, 1.165) is 27.6 Å². The third-order valence-corrected chi connectivity index (χ3v) is 5.54. The number of halogens is 1. The maximum Gasteiger partial charge on any atom is 0.154 e. The number of benzene rings is 4. The van der Waals surface area contributed by atoms with E-state index >= 15 is 0 Å². The van der Waals surface area contributed by atoms with Crippen molar-refractivity contribution in [2.24, 2.45) is 0 Å². The number of para-hydroxylation sites is 3. The maximum absolute atomic E-state index is 6.65. The van der Waals surface area contributed by atoms with Crippen LogP contribution in [0.2, 0.25) is 5.02 Å². The quantitative estimate of drug-likeness (QED) is 0.297. The minimum atomic E-state index is 0.626. The normalized spacial score (nSPS) is 11.9. The molecule has 0 N–H and O–H groups in total. The second kappa shape index (κ2) is 5.38. The minimum Gasteiger partial charge on any atom is -0.454 e. The van der Waals surface area contributed by atoms with Crippen molar-refractivity contribution in [2.45, 2.75) is 0 Å². The van der Waals surface area contributed by atoms with Gasteiger partial charge >= 0.3 is 0 Å². The van der Waals surface area contributed by atoms with Crippen LogP contribution < -0.4 is 0 Å². The van der Waals surface area contributed by atoms with Crippen molar-refractivity contribution in [3.8, 4) is 5.69 Å². The van der Waals surface area contributed by atoms with E-state index in [1.165, 1.54) is 21.8 Å². The summed E-state index contributed by atoms with van der Waals surface area (Å²) in [5, 5.41) is 5.22. The molecule has 0 radical (unpaired) electrons. The Balaban J connectivity index is 1.79. The molecule has 3 heteroatoms. The Bertz CT molecular complexity index is 1440. The van der Waals surface area contributed by atoms with Gasteiger partial charge in [-0.2, -0.15) is 0 Å². The zero-order valence-corrected chi connectivity index (χ0v) is 15.1. The fourth-order valence-electron chi connectivity index (χ4n) is 4.10. The van der Waals surface area contributed by atoms with Gasteiger partial charge in [-0.15, -0.1) is 0 Å². The number of nitrogens with zero attached hydrogens (tertiary/aromatic N) is 1. The van der Waals surface area contributed by atoms with Crippen LogP contribution in [0.15, 0.2) is 89.3 Å². The van der Waals surface area contributed by atoms with Gasteiger partial charge in [-0.3, -0.25) is 0 Å². The van der Waals surface area contributed by atoms with E-state index in [4.69, 9.17) is 16.0 Å². The summed E-state index contributed by atoms with van der Waals surface area (Å²) in [4.78, 5) is 0. The lowest BCUT2D eigenvalue weighted by Crippen LogP contribution is -1.93. The number of hydrogen-bond donors (Lipinski definition) is 0. The minimum absolute atomic E-state index is 0.626. The molecule has 0 saturated heterocycles. The van der Waals surface area contributed by atoms with Gasteiger partial charge in [-0.25, -0.2) is 0 Å². The van der Waals surface area contributed by atoms with E-state index in [1.807, 2.05) is 24.3 Å². The number of hydrogen-bond acceptors (Lipinski definition) is 1. The standard InChI is InChI=1S/C24H14ClNO/c25-20-14-15(13-19-18-9-3-6-12-23(18)27-24(19)20)26-21-10-4-1-7-16(21)17-8-2-5-11-22(17)26/h1-14H. The Hall–Kier alpha value is -3.23. The zero-order chi connectivity index (χ0) is 18.0. The highest BCUT2D eigenvalue weighted by molar-refractivity contribution is 6.36. The van der Waals surface area contributed by atoms with Gasteiger partial charge in [0, 0.05) is 27.2 Å². The average Bonchev–Trinajstić information content (AvgIpc) is 3.24. The lowest BCUT2D eigenvalue weighted by Gasteiger charge is -2.09. The van der Waals surface area contributed by atoms with Crippen LogP contribution in [0.3, 0.4) is 0 Å². The van der Waals surface area contributed by atoms with Crippen molar-refractivity contribution < 1.29 is 4.42 Å². The second-order valence-electron chi connectivity index (χ2n) is 6.77. The van der Waals surface area contributed by atoms with Gasteiger partial charge in [0.2, 0.25) is 0 Å². The van der Waals surface area contributed by atoms with Crippen LogP contribution in [0.5, 0.6) is 0 Å². The summed E-state index contributed by atoms with van der Waals surface area (Å²) in [6.45, 7) is 0. The molecule has 128 valence electrons. The highest BCUT2D eigenvalue weighted by Crippen LogP contribution is 2.38. The molecule has 6 aromatic rings. The van der Waals surface area contributed by atoms with E-state index in [-0.39, 0.29) is 0 Å². The monoisotopic (exact) mass is 367 g/mol. The zero-order valence-electron chi connectivity index (χ0n) is 14.3. The summed E-state index contributed by atoms with van der Waals surface area (Å²) in [6.07, 6.45) is 0. The molecular formula is C24H14ClNO. The molecule has 0 unspecified atom stereocenters. The number of furan rings is 1. The van der Waals surface area contributed by atoms with E-state index < -0.39 is 0 Å². The summed E-state index contributed by atoms with van der Waals surface area (Å²) >= 11 is 6.65. The van der Waals surface area contributed by atoms with Crippen molar-refractivity contribution in [2.75, 3.05) is 0 Å². The lowest BCUT2D eigenvalue weighted by atomic mass is 10.1. The molecule has 0 atom stereocenters. The second-order valence-corrected chi connectivity index (χ2v) is 7.18. The summed E-state index contributed by atoms with van der Waals surface area (Å²) in [5.74, 6) is 0. The summed E-state index contributed by atoms with van der Waals surface area (Å²) in [7, 11) is 0. The van der Waals surface area contributed by atoms with Crippen molar-refractivity contribution in [3.05, 3.63) is 90.0 Å². The average molecular weight is 368 g/mol. The first-order valence-corrected chi connectivity index (χ1v) is 9.28. The van der Waals surface area contributed by atoms with Gasteiger partial charge in [-0.05, 0) is 30.3 Å². The number of aromatic nitrogens is 1. The topological polar surface area (TPSA) is 18.1 Å². The van der Waals surface area contributed by atoms with Crippen LogP contribution in [-0.2, 0) is 0 Å². The third kappa shape index (κ3) is 2.02. The van der Waals surface area contributed by atoms with Crippen molar-refractivity contribution in [1.29, 1.82) is 0 Å². The van der Waals surface area contributed by atoms with Crippen LogP contribution in [0.1, 0.15) is 0 Å². The molecule has 2 heterocycles. The van der Waals surface area contributed by atoms with E-state index in [0.29, 0.717) is 5.02 Å². The SMILES string of the molecule is Clc1cc(-n2c3ccccc3c3ccccc32)cc2c1oc1ccccc12. The summed E-state index contributed by atoms with van der Waals surface area (Å²) in [6, 6.07) is 29.2. The molecule has 0 spiro atoms. The maximum atomic E-state index is 6.65. The molecule has 2 aromatic heterocycles. The van der Waals surface area contributed by atoms with Gasteiger partial charge in [0.25, 0.3) is 0 Å². The Morgan fingerprint density at radius 2 is 1.22 bits per heavy atom. The summed E-state index contributed by atoms with van der Waals surface area (Å²) in [5.41, 5.74) is 4.97. The molecule has 4 aromatic carbocycles. The fourth-order valence-corrected chi connectivity index (χ4v) is 4.35. The van der Waals surface area contributed by atoms with Crippen LogP contribution in [-0.4, -0.2) is 4.57 Å². The van der Waals surface area contributed by atoms with Crippen LogP contribution in [0.4, 0.5) is 0 Å². The first kappa shape index (κ1) is 14.9. The first-order valence-electron chi connectivity index (χ1n) is 8.90. The summed E-state index contributed by atoms with van der Waals surface area (Å²) < 4.78 is 8.26. The Morgan fingerprint density at radius 1 is 0.630 bits per heavy atom. The largest absolute Gasteiger partial charge is 0.454 e. The van der Waals surface area contributed by atoms with Gasteiger partial charge in [0.1, 0.15) is 5.58 Å². The number of rotatable bonds is 1. The molecule has 2 nitrogen and oxygen atoms in total. The molecule has 0 aliphatic heterocycles. The van der Waals surface area contributed by atoms with Gasteiger partial charge in [0.15, 0.2) is 5.58 Å². The molecule has 0 fully saturated rings. The predicted molar refractivity (Wildman–Crippen MR) is 113 cm³/mol. The molecule has 27 heavy (non-hydrogen) atoms. The van der Waals surface area contributed by atoms with Gasteiger partial charge < -0.3 is 8.98 Å². The number of fused-ring (bicyclic) bond motifs is 6. The fraction of sp³-hybridized carbons (Fsp3) is 0. The molecule has 0 aliphatic rings. The molecule has 0 bridgehead atoms. The van der Waals surface area contributed by atoms with Crippen molar-refractivity contribution >= 4 is 55.3 Å². The highest BCUT2D eigenvalue weighted by Gasteiger charge is 2.16. The lowest BCUT2D eigenvalue weighted by molar-refractivity contribution is 0.669. The van der Waals surface area contributed by atoms with E-state index in [9.17, 15) is 0 Å². The molecule has 0 aliphatic carbocycles. The Morgan fingerprint density at radius 3 is 1.93 bits per heavy atom. The van der Waals surface area contributed by atoms with E-state index in [2.05, 4.69) is 65.2 Å². The molecule has 0 amide bonds. The van der Waals surface area contributed by atoms with Gasteiger partial charge in [-0.1, -0.05) is 66.2 Å². The Kier molecular flexibility index (Phi) is 2.97. The third-order valence-electron chi connectivity index (χ3n) is 5.26. The van der Waals surface area contributed by atoms with Crippen molar-refractivity contribution in [3.63, 3.8) is 0 Å². The smallest absolute Gasteiger partial charge is 0.154 e. The Labute approximate surface area is 160 Å². The van der Waals surface area contributed by atoms with Crippen LogP contribution in [0.25, 0.3) is 49.4 Å². The highest BCUT2D eigenvalue weighted by atomic mass is 35.5. The van der Waals surface area contributed by atoms with Crippen molar-refractivity contribution in [1.82, 2.24) is 4.57 Å². The molecule has 6 rings (SSSR count).